The Bertz CT molecular complexity index is 430. The molecule has 0 aliphatic heterocycles. The summed E-state index contributed by atoms with van der Waals surface area (Å²) < 4.78 is 13.3. The van der Waals surface area contributed by atoms with Crippen LogP contribution in [0.1, 0.15) is 18.4 Å². The molecule has 16 heavy (non-hydrogen) atoms. The van der Waals surface area contributed by atoms with Crippen molar-refractivity contribution in [1.29, 1.82) is 0 Å². The molecule has 0 bridgehead atoms. The van der Waals surface area contributed by atoms with Crippen molar-refractivity contribution in [3.05, 3.63) is 39.7 Å². The third-order valence-corrected chi connectivity index (χ3v) is 3.18. The quantitative estimate of drug-likeness (QED) is 0.628. The van der Waals surface area contributed by atoms with Gasteiger partial charge in [-0.25, -0.2) is 0 Å². The fourth-order valence-corrected chi connectivity index (χ4v) is 1.87. The Hall–Kier alpha value is -1.49. The normalized spacial score (nSPS) is 17.1. The predicted octanol–water partition coefficient (Wildman–Crippen LogP) is 2.02. The Morgan fingerprint density at radius 2 is 2.19 bits per heavy atom. The Balaban J connectivity index is 2.18. The number of hydrogen-bond acceptors (Lipinski definition) is 3. The van der Waals surface area contributed by atoms with Gasteiger partial charge in [0.1, 0.15) is 0 Å². The number of nitrogens with two attached hydrogens (primary N) is 1. The van der Waals surface area contributed by atoms with Crippen molar-refractivity contribution in [3.8, 4) is 0 Å². The average molecular weight is 224 g/mol. The Morgan fingerprint density at radius 1 is 1.50 bits per heavy atom. The molecule has 2 N–H and O–H groups in total. The van der Waals surface area contributed by atoms with Crippen LogP contribution in [-0.4, -0.2) is 11.5 Å². The highest BCUT2D eigenvalue weighted by molar-refractivity contribution is 5.35. The van der Waals surface area contributed by atoms with E-state index in [1.165, 1.54) is 12.1 Å². The van der Waals surface area contributed by atoms with Crippen molar-refractivity contribution < 1.29 is 9.31 Å². The largest absolute Gasteiger partial charge is 0.330 e. The minimum atomic E-state index is -0.768. The van der Waals surface area contributed by atoms with Gasteiger partial charge in [-0.2, -0.15) is 4.39 Å². The summed E-state index contributed by atoms with van der Waals surface area (Å²) in [5.41, 5.74) is 6.06. The van der Waals surface area contributed by atoms with Gasteiger partial charge in [-0.1, -0.05) is 6.07 Å². The predicted molar refractivity (Wildman–Crippen MR) is 57.5 cm³/mol. The summed E-state index contributed by atoms with van der Waals surface area (Å²) in [6.45, 7) is 0.589. The first kappa shape index (κ1) is 11.0. The van der Waals surface area contributed by atoms with E-state index in [0.29, 0.717) is 13.0 Å². The zero-order valence-corrected chi connectivity index (χ0v) is 8.78. The first-order valence-electron chi connectivity index (χ1n) is 5.19. The number of nitrogens with zero attached hydrogens (tertiary/aromatic N) is 1. The molecule has 1 saturated carbocycles. The lowest BCUT2D eigenvalue weighted by Gasteiger charge is -2.11. The van der Waals surface area contributed by atoms with E-state index in [-0.39, 0.29) is 5.41 Å². The molecular formula is C11H13FN2O2. The van der Waals surface area contributed by atoms with Crippen LogP contribution in [0.2, 0.25) is 0 Å². The van der Waals surface area contributed by atoms with Crippen molar-refractivity contribution in [1.82, 2.24) is 0 Å². The number of nitro benzene ring substituents is 1. The van der Waals surface area contributed by atoms with Gasteiger partial charge in [0.2, 0.25) is 5.82 Å². The number of hydrogen-bond donors (Lipinski definition) is 1. The molecule has 1 aliphatic carbocycles. The van der Waals surface area contributed by atoms with Gasteiger partial charge in [-0.15, -0.1) is 0 Å². The third-order valence-electron chi connectivity index (χ3n) is 3.18. The highest BCUT2D eigenvalue weighted by Crippen LogP contribution is 2.47. The topological polar surface area (TPSA) is 69.2 Å². The maximum absolute atomic E-state index is 13.3. The van der Waals surface area contributed by atoms with Gasteiger partial charge in [-0.05, 0) is 42.9 Å². The molecule has 0 saturated heterocycles. The van der Waals surface area contributed by atoms with Crippen LogP contribution in [-0.2, 0) is 6.42 Å². The first-order chi connectivity index (χ1) is 7.56. The smallest absolute Gasteiger partial charge is 0.304 e. The van der Waals surface area contributed by atoms with E-state index >= 15 is 0 Å². The molecule has 0 unspecified atom stereocenters. The monoisotopic (exact) mass is 224 g/mol. The van der Waals surface area contributed by atoms with Crippen LogP contribution in [0.25, 0.3) is 0 Å². The van der Waals surface area contributed by atoms with Crippen molar-refractivity contribution in [2.24, 2.45) is 11.1 Å². The van der Waals surface area contributed by atoms with E-state index in [1.54, 1.807) is 6.07 Å². The Labute approximate surface area is 92.4 Å². The fraction of sp³-hybridized carbons (Fsp3) is 0.455. The summed E-state index contributed by atoms with van der Waals surface area (Å²) in [6, 6.07) is 4.07. The molecule has 1 fully saturated rings. The van der Waals surface area contributed by atoms with E-state index in [4.69, 9.17) is 5.73 Å². The fourth-order valence-electron chi connectivity index (χ4n) is 1.87. The maximum Gasteiger partial charge on any atom is 0.304 e. The second-order valence-corrected chi connectivity index (χ2v) is 4.42. The molecule has 4 nitrogen and oxygen atoms in total. The summed E-state index contributed by atoms with van der Waals surface area (Å²) in [4.78, 5) is 9.72. The molecule has 0 spiro atoms. The maximum atomic E-state index is 13.3. The van der Waals surface area contributed by atoms with Crippen LogP contribution in [0, 0.1) is 21.3 Å². The lowest BCUT2D eigenvalue weighted by atomic mass is 9.96. The van der Waals surface area contributed by atoms with Crippen LogP contribution in [0.15, 0.2) is 18.2 Å². The molecule has 0 atom stereocenters. The second kappa shape index (κ2) is 3.83. The van der Waals surface area contributed by atoms with Crippen LogP contribution in [0.5, 0.6) is 0 Å². The minimum absolute atomic E-state index is 0.114. The van der Waals surface area contributed by atoms with Crippen molar-refractivity contribution in [2.45, 2.75) is 19.3 Å². The van der Waals surface area contributed by atoms with E-state index in [0.717, 1.165) is 18.4 Å². The van der Waals surface area contributed by atoms with Gasteiger partial charge < -0.3 is 5.73 Å². The molecule has 0 aromatic heterocycles. The second-order valence-electron chi connectivity index (χ2n) is 4.42. The molecule has 0 radical (unpaired) electrons. The molecule has 1 aromatic carbocycles. The SMILES string of the molecule is NCC1(Cc2ccc([N+](=O)[O-])c(F)c2)CC1. The zero-order valence-electron chi connectivity index (χ0n) is 8.78. The average Bonchev–Trinajstić information content (AvgIpc) is 2.98. The Morgan fingerprint density at radius 3 is 2.62 bits per heavy atom. The van der Waals surface area contributed by atoms with Crippen LogP contribution in [0.4, 0.5) is 10.1 Å². The van der Waals surface area contributed by atoms with Gasteiger partial charge in [0.25, 0.3) is 0 Å². The van der Waals surface area contributed by atoms with Crippen LogP contribution >= 0.6 is 0 Å². The van der Waals surface area contributed by atoms with E-state index in [9.17, 15) is 14.5 Å². The highest BCUT2D eigenvalue weighted by Gasteiger charge is 2.41. The van der Waals surface area contributed by atoms with E-state index in [2.05, 4.69) is 0 Å². The standard InChI is InChI=1S/C11H13FN2O2/c12-9-5-8(1-2-10(9)14(15)16)6-11(7-13)3-4-11/h1-2,5H,3-4,6-7,13H2. The molecule has 1 aliphatic rings. The molecule has 1 aromatic rings. The van der Waals surface area contributed by atoms with Gasteiger partial charge in [0.05, 0.1) is 4.92 Å². The van der Waals surface area contributed by atoms with E-state index in [1.807, 2.05) is 0 Å². The van der Waals surface area contributed by atoms with Crippen LogP contribution in [0.3, 0.4) is 0 Å². The summed E-state index contributed by atoms with van der Waals surface area (Å²) in [6.07, 6.45) is 2.82. The lowest BCUT2D eigenvalue weighted by Crippen LogP contribution is -2.18. The summed E-state index contributed by atoms with van der Waals surface area (Å²) in [7, 11) is 0. The van der Waals surface area contributed by atoms with Crippen molar-refractivity contribution >= 4 is 5.69 Å². The number of rotatable bonds is 4. The van der Waals surface area contributed by atoms with Crippen molar-refractivity contribution in [2.75, 3.05) is 6.54 Å². The van der Waals surface area contributed by atoms with Crippen LogP contribution < -0.4 is 5.73 Å². The van der Waals surface area contributed by atoms with Gasteiger partial charge in [0.15, 0.2) is 0 Å². The van der Waals surface area contributed by atoms with Gasteiger partial charge >= 0.3 is 5.69 Å². The molecule has 0 heterocycles. The summed E-state index contributed by atoms with van der Waals surface area (Å²) in [5, 5.41) is 10.4. The van der Waals surface area contributed by atoms with Gasteiger partial charge in [-0.3, -0.25) is 10.1 Å². The molecule has 86 valence electrons. The number of benzene rings is 1. The number of nitro groups is 1. The molecule has 2 rings (SSSR count). The highest BCUT2D eigenvalue weighted by atomic mass is 19.1. The third kappa shape index (κ3) is 2.04. The van der Waals surface area contributed by atoms with Gasteiger partial charge in [0, 0.05) is 6.07 Å². The molecular weight excluding hydrogens is 211 g/mol. The number of halogens is 1. The zero-order chi connectivity index (χ0) is 11.8. The van der Waals surface area contributed by atoms with E-state index < -0.39 is 16.4 Å². The molecule has 5 heteroatoms. The first-order valence-corrected chi connectivity index (χ1v) is 5.19. The van der Waals surface area contributed by atoms with Crippen molar-refractivity contribution in [3.63, 3.8) is 0 Å². The lowest BCUT2D eigenvalue weighted by molar-refractivity contribution is -0.387. The minimum Gasteiger partial charge on any atom is -0.330 e. The summed E-state index contributed by atoms with van der Waals surface area (Å²) >= 11 is 0. The summed E-state index contributed by atoms with van der Waals surface area (Å²) in [5.74, 6) is -0.768. The molecule has 0 amide bonds. The Kier molecular flexibility index (Phi) is 2.63.